The van der Waals surface area contributed by atoms with E-state index in [9.17, 15) is 22.4 Å². The second-order valence-electron chi connectivity index (χ2n) is 7.73. The molecule has 8 nitrogen and oxygen atoms in total. The largest absolute Gasteiger partial charge is 0.465 e. The maximum absolute atomic E-state index is 13.1. The van der Waals surface area contributed by atoms with Crippen molar-refractivity contribution in [3.8, 4) is 11.3 Å². The van der Waals surface area contributed by atoms with E-state index < -0.39 is 21.8 Å². The van der Waals surface area contributed by atoms with Crippen LogP contribution in [0.2, 0.25) is 0 Å². The summed E-state index contributed by atoms with van der Waals surface area (Å²) in [4.78, 5) is 28.8. The van der Waals surface area contributed by atoms with E-state index in [1.165, 1.54) is 34.9 Å². The fourth-order valence-corrected chi connectivity index (χ4v) is 5.87. The number of carbonyl (C=O) groups is 2. The number of hydrogen-bond donors (Lipinski definition) is 1. The molecule has 1 aliphatic heterocycles. The minimum Gasteiger partial charge on any atom is -0.465 e. The maximum atomic E-state index is 13.1. The van der Waals surface area contributed by atoms with Crippen molar-refractivity contribution >= 4 is 38.4 Å². The molecule has 1 fully saturated rings. The number of methoxy groups -OCH3 is 1. The molecule has 2 aromatic carbocycles. The summed E-state index contributed by atoms with van der Waals surface area (Å²) in [6.45, 7) is 0.404. The minimum absolute atomic E-state index is 0.0340. The lowest BCUT2D eigenvalue weighted by molar-refractivity contribution is -0.120. The van der Waals surface area contributed by atoms with Crippen LogP contribution in [0.15, 0.2) is 58.8 Å². The van der Waals surface area contributed by atoms with Crippen LogP contribution in [0.4, 0.5) is 9.52 Å². The molecule has 11 heteroatoms. The number of ether oxygens (including phenoxy) is 1. The number of halogens is 1. The quantitative estimate of drug-likeness (QED) is 0.514. The van der Waals surface area contributed by atoms with E-state index in [1.54, 1.807) is 29.6 Å². The molecule has 1 aliphatic rings. The number of aromatic nitrogens is 1. The zero-order chi connectivity index (χ0) is 24.3. The number of amides is 1. The van der Waals surface area contributed by atoms with Crippen LogP contribution < -0.4 is 5.32 Å². The monoisotopic (exact) mass is 503 g/mol. The molecule has 0 aliphatic carbocycles. The fourth-order valence-electron chi connectivity index (χ4n) is 3.68. The summed E-state index contributed by atoms with van der Waals surface area (Å²) in [5.41, 5.74) is 1.89. The van der Waals surface area contributed by atoms with E-state index in [0.29, 0.717) is 29.2 Å². The Kier molecular flexibility index (Phi) is 7.05. The Morgan fingerprint density at radius 3 is 2.35 bits per heavy atom. The highest BCUT2D eigenvalue weighted by Gasteiger charge is 2.32. The molecular weight excluding hydrogens is 481 g/mol. The number of sulfonamides is 1. The van der Waals surface area contributed by atoms with Crippen molar-refractivity contribution in [1.82, 2.24) is 9.29 Å². The van der Waals surface area contributed by atoms with Gasteiger partial charge in [0, 0.05) is 30.0 Å². The molecule has 1 amide bonds. The van der Waals surface area contributed by atoms with Gasteiger partial charge in [-0.05, 0) is 49.2 Å². The molecule has 0 atom stereocenters. The van der Waals surface area contributed by atoms with Gasteiger partial charge in [0.25, 0.3) is 0 Å². The molecular formula is C23H22FN3O5S2. The average molecular weight is 504 g/mol. The van der Waals surface area contributed by atoms with Gasteiger partial charge < -0.3 is 10.1 Å². The Balaban J connectivity index is 1.34. The highest BCUT2D eigenvalue weighted by atomic mass is 32.2. The Bertz CT molecular complexity index is 1280. The predicted molar refractivity (Wildman–Crippen MR) is 125 cm³/mol. The van der Waals surface area contributed by atoms with Crippen LogP contribution in [0.5, 0.6) is 0 Å². The summed E-state index contributed by atoms with van der Waals surface area (Å²) in [7, 11) is -2.41. The molecule has 1 saturated heterocycles. The van der Waals surface area contributed by atoms with Crippen molar-refractivity contribution < 1.29 is 27.1 Å². The SMILES string of the molecule is COC(=O)c1ccc(-c2csc(NC(=O)C3CCN(S(=O)(=O)c4ccc(F)cc4)CC3)n2)cc1. The number of benzene rings is 2. The lowest BCUT2D eigenvalue weighted by Crippen LogP contribution is -2.41. The first-order valence-electron chi connectivity index (χ1n) is 10.5. The normalized spacial score (nSPS) is 15.1. The van der Waals surface area contributed by atoms with E-state index in [2.05, 4.69) is 15.0 Å². The van der Waals surface area contributed by atoms with E-state index in [1.807, 2.05) is 0 Å². The summed E-state index contributed by atoms with van der Waals surface area (Å²) >= 11 is 1.28. The highest BCUT2D eigenvalue weighted by molar-refractivity contribution is 7.89. The number of nitrogens with zero attached hydrogens (tertiary/aromatic N) is 2. The number of anilines is 1. The standard InChI is InChI=1S/C23H22FN3O5S2/c1-32-22(29)17-4-2-15(3-5-17)20-14-33-23(25-20)26-21(28)16-10-12-27(13-11-16)34(30,31)19-8-6-18(24)7-9-19/h2-9,14,16H,10-13H2,1H3,(H,25,26,28). The van der Waals surface area contributed by atoms with E-state index in [0.717, 1.165) is 17.7 Å². The lowest BCUT2D eigenvalue weighted by Gasteiger charge is -2.30. The third kappa shape index (κ3) is 5.16. The van der Waals surface area contributed by atoms with Crippen molar-refractivity contribution in [3.05, 3.63) is 65.3 Å². The third-order valence-corrected chi connectivity index (χ3v) is 8.28. The Morgan fingerprint density at radius 1 is 1.09 bits per heavy atom. The summed E-state index contributed by atoms with van der Waals surface area (Å²) in [5.74, 6) is -1.47. The van der Waals surface area contributed by atoms with Gasteiger partial charge in [-0.3, -0.25) is 4.79 Å². The number of piperidine rings is 1. The van der Waals surface area contributed by atoms with Gasteiger partial charge in [-0.25, -0.2) is 22.6 Å². The first-order valence-corrected chi connectivity index (χ1v) is 12.8. The molecule has 34 heavy (non-hydrogen) atoms. The molecule has 2 heterocycles. The molecule has 0 unspecified atom stereocenters. The van der Waals surface area contributed by atoms with Crippen molar-refractivity contribution in [2.24, 2.45) is 5.92 Å². The van der Waals surface area contributed by atoms with Gasteiger partial charge in [0.2, 0.25) is 15.9 Å². The van der Waals surface area contributed by atoms with Crippen LogP contribution >= 0.6 is 11.3 Å². The van der Waals surface area contributed by atoms with E-state index in [4.69, 9.17) is 0 Å². The molecule has 0 radical (unpaired) electrons. The second-order valence-corrected chi connectivity index (χ2v) is 10.5. The van der Waals surface area contributed by atoms with Crippen molar-refractivity contribution in [1.29, 1.82) is 0 Å². The second kappa shape index (κ2) is 10.00. The molecule has 0 saturated carbocycles. The molecule has 1 aromatic heterocycles. The summed E-state index contributed by atoms with van der Waals surface area (Å²) in [6, 6.07) is 11.5. The third-order valence-electron chi connectivity index (χ3n) is 5.61. The Labute approximate surface area is 200 Å². The van der Waals surface area contributed by atoms with E-state index in [-0.39, 0.29) is 29.8 Å². The average Bonchev–Trinajstić information content (AvgIpc) is 3.32. The van der Waals surface area contributed by atoms with Crippen LogP contribution in [0.3, 0.4) is 0 Å². The van der Waals surface area contributed by atoms with E-state index >= 15 is 0 Å². The number of rotatable bonds is 6. The number of carbonyl (C=O) groups excluding carboxylic acids is 2. The zero-order valence-electron chi connectivity index (χ0n) is 18.2. The smallest absolute Gasteiger partial charge is 0.337 e. The van der Waals surface area contributed by atoms with Gasteiger partial charge in [-0.2, -0.15) is 4.31 Å². The van der Waals surface area contributed by atoms with Crippen molar-refractivity contribution in [3.63, 3.8) is 0 Å². The molecule has 1 N–H and O–H groups in total. The summed E-state index contributed by atoms with van der Waals surface area (Å²) in [6.07, 6.45) is 0.749. The van der Waals surface area contributed by atoms with Crippen molar-refractivity contribution in [2.45, 2.75) is 17.7 Å². The van der Waals surface area contributed by atoms with Gasteiger partial charge in [-0.1, -0.05) is 12.1 Å². The first kappa shape index (κ1) is 24.0. The van der Waals surface area contributed by atoms with Gasteiger partial charge in [0.15, 0.2) is 5.13 Å². The van der Waals surface area contributed by atoms with Crippen LogP contribution in [-0.4, -0.2) is 49.8 Å². The van der Waals surface area contributed by atoms with Gasteiger partial charge >= 0.3 is 5.97 Å². The maximum Gasteiger partial charge on any atom is 0.337 e. The van der Waals surface area contributed by atoms with Crippen molar-refractivity contribution in [2.75, 3.05) is 25.5 Å². The molecule has 0 spiro atoms. The van der Waals surface area contributed by atoms with Gasteiger partial charge in [-0.15, -0.1) is 11.3 Å². The molecule has 4 rings (SSSR count). The minimum atomic E-state index is -3.73. The summed E-state index contributed by atoms with van der Waals surface area (Å²) in [5, 5.41) is 5.07. The topological polar surface area (TPSA) is 106 Å². The fraction of sp³-hybridized carbons (Fsp3) is 0.261. The number of thiazole rings is 1. The lowest BCUT2D eigenvalue weighted by atomic mass is 9.97. The molecule has 3 aromatic rings. The van der Waals surface area contributed by atoms with Crippen LogP contribution in [0.1, 0.15) is 23.2 Å². The van der Waals surface area contributed by atoms with Crippen LogP contribution in [-0.2, 0) is 19.6 Å². The predicted octanol–water partition coefficient (Wildman–Crippen LogP) is 3.78. The first-order chi connectivity index (χ1) is 16.3. The van der Waals surface area contributed by atoms with Crippen LogP contribution in [0, 0.1) is 11.7 Å². The van der Waals surface area contributed by atoms with Gasteiger partial charge in [0.05, 0.1) is 23.3 Å². The molecule has 178 valence electrons. The Hall–Kier alpha value is -3.15. The highest BCUT2D eigenvalue weighted by Crippen LogP contribution is 2.28. The molecule has 0 bridgehead atoms. The number of esters is 1. The Morgan fingerprint density at radius 2 is 1.74 bits per heavy atom. The zero-order valence-corrected chi connectivity index (χ0v) is 19.9. The van der Waals surface area contributed by atoms with Gasteiger partial charge in [0.1, 0.15) is 5.82 Å². The summed E-state index contributed by atoms with van der Waals surface area (Å²) < 4.78 is 44.6. The van der Waals surface area contributed by atoms with Crippen LogP contribution in [0.25, 0.3) is 11.3 Å². The number of hydrogen-bond acceptors (Lipinski definition) is 7. The number of nitrogens with one attached hydrogen (secondary N) is 1.